The van der Waals surface area contributed by atoms with Crippen molar-refractivity contribution in [2.45, 2.75) is 38.9 Å². The molecule has 0 atom stereocenters. The Morgan fingerprint density at radius 2 is 2.00 bits per heavy atom. The van der Waals surface area contributed by atoms with Crippen molar-refractivity contribution in [1.82, 2.24) is 20.1 Å². The molecule has 2 heterocycles. The van der Waals surface area contributed by atoms with Crippen molar-refractivity contribution < 1.29 is 0 Å². The van der Waals surface area contributed by atoms with Crippen molar-refractivity contribution in [1.29, 1.82) is 0 Å². The maximum atomic E-state index is 4.74. The molecule has 3 rings (SSSR count). The van der Waals surface area contributed by atoms with Gasteiger partial charge in [0, 0.05) is 44.1 Å². The minimum atomic E-state index is 0.771. The lowest BCUT2D eigenvalue weighted by Crippen LogP contribution is -2.45. The Labute approximate surface area is 119 Å². The summed E-state index contributed by atoms with van der Waals surface area (Å²) < 4.78 is 0. The molecular weight excluding hydrogens is 256 g/mol. The normalized spacial score (nSPS) is 21.9. The molecule has 0 spiro atoms. The highest BCUT2D eigenvalue weighted by molar-refractivity contribution is 7.09. The zero-order chi connectivity index (χ0) is 13.1. The van der Waals surface area contributed by atoms with Crippen LogP contribution in [0.3, 0.4) is 0 Å². The van der Waals surface area contributed by atoms with Crippen LogP contribution in [0.4, 0.5) is 0 Å². The molecule has 0 radical (unpaired) electrons. The smallest absolute Gasteiger partial charge is 0.107 e. The van der Waals surface area contributed by atoms with Crippen molar-refractivity contribution in [3.05, 3.63) is 16.1 Å². The minimum Gasteiger partial charge on any atom is -0.308 e. The summed E-state index contributed by atoms with van der Waals surface area (Å²) in [7, 11) is 0. The molecule has 1 aromatic heterocycles. The van der Waals surface area contributed by atoms with Crippen molar-refractivity contribution >= 4 is 11.3 Å². The van der Waals surface area contributed by atoms with Gasteiger partial charge in [0.15, 0.2) is 0 Å². The van der Waals surface area contributed by atoms with Gasteiger partial charge in [-0.3, -0.25) is 4.90 Å². The molecule has 1 aliphatic heterocycles. The Kier molecular flexibility index (Phi) is 4.48. The van der Waals surface area contributed by atoms with Crippen LogP contribution in [0.1, 0.15) is 30.5 Å². The number of likely N-dealkylation sites (N-methyl/N-ethyl adjacent to an activating group) is 1. The van der Waals surface area contributed by atoms with Crippen molar-refractivity contribution in [3.8, 4) is 0 Å². The van der Waals surface area contributed by atoms with Crippen LogP contribution in [0.2, 0.25) is 0 Å². The first-order valence-electron chi connectivity index (χ1n) is 7.45. The van der Waals surface area contributed by atoms with Crippen LogP contribution in [0.15, 0.2) is 5.38 Å². The van der Waals surface area contributed by atoms with E-state index in [0.717, 1.165) is 19.1 Å². The van der Waals surface area contributed by atoms with Gasteiger partial charge in [-0.25, -0.2) is 4.98 Å². The minimum absolute atomic E-state index is 0.771. The standard InChI is InChI=1S/C14H24N4S/c1-2-17-5-7-18(8-6-17)10-14-16-13(11-19-14)9-15-12-3-4-12/h11-12,15H,2-10H2,1H3. The van der Waals surface area contributed by atoms with Crippen LogP contribution in [0, 0.1) is 0 Å². The van der Waals surface area contributed by atoms with Crippen LogP contribution in [-0.4, -0.2) is 53.5 Å². The van der Waals surface area contributed by atoms with Crippen LogP contribution in [0.5, 0.6) is 0 Å². The fourth-order valence-electron chi connectivity index (χ4n) is 2.49. The molecule has 2 fully saturated rings. The molecule has 1 saturated heterocycles. The summed E-state index contributed by atoms with van der Waals surface area (Å²) in [6.45, 7) is 10.2. The first-order valence-corrected chi connectivity index (χ1v) is 8.33. The summed E-state index contributed by atoms with van der Waals surface area (Å²) >= 11 is 1.82. The number of hydrogen-bond donors (Lipinski definition) is 1. The van der Waals surface area contributed by atoms with E-state index in [1.807, 2.05) is 11.3 Å². The van der Waals surface area contributed by atoms with E-state index in [1.165, 1.54) is 56.3 Å². The van der Waals surface area contributed by atoms with E-state index in [4.69, 9.17) is 4.98 Å². The van der Waals surface area contributed by atoms with E-state index in [0.29, 0.717) is 0 Å². The molecule has 0 amide bonds. The molecule has 0 unspecified atom stereocenters. The van der Waals surface area contributed by atoms with E-state index in [1.54, 1.807) is 0 Å². The number of rotatable bonds is 6. The Hall–Kier alpha value is -0.490. The number of nitrogens with zero attached hydrogens (tertiary/aromatic N) is 3. The molecule has 1 aromatic rings. The van der Waals surface area contributed by atoms with Crippen LogP contribution < -0.4 is 5.32 Å². The third-order valence-corrected chi connectivity index (χ3v) is 4.90. The summed E-state index contributed by atoms with van der Waals surface area (Å²) in [5.74, 6) is 0. The lowest BCUT2D eigenvalue weighted by molar-refractivity contribution is 0.132. The first-order chi connectivity index (χ1) is 9.33. The summed E-state index contributed by atoms with van der Waals surface area (Å²) in [4.78, 5) is 9.79. The number of thiazole rings is 1. The highest BCUT2D eigenvalue weighted by Gasteiger charge is 2.21. The van der Waals surface area contributed by atoms with Crippen LogP contribution in [0.25, 0.3) is 0 Å². The molecule has 0 aromatic carbocycles. The molecule has 1 N–H and O–H groups in total. The highest BCUT2D eigenvalue weighted by Crippen LogP contribution is 2.20. The monoisotopic (exact) mass is 280 g/mol. The molecule has 2 aliphatic rings. The molecular formula is C14H24N4S. The summed E-state index contributed by atoms with van der Waals surface area (Å²) in [5.41, 5.74) is 1.22. The number of nitrogens with one attached hydrogen (secondary N) is 1. The average Bonchev–Trinajstić information content (AvgIpc) is 3.17. The zero-order valence-corrected chi connectivity index (χ0v) is 12.6. The highest BCUT2D eigenvalue weighted by atomic mass is 32.1. The van der Waals surface area contributed by atoms with Gasteiger partial charge >= 0.3 is 0 Å². The molecule has 19 heavy (non-hydrogen) atoms. The Bertz CT molecular complexity index is 394. The topological polar surface area (TPSA) is 31.4 Å². The quantitative estimate of drug-likeness (QED) is 0.856. The molecule has 4 nitrogen and oxygen atoms in total. The first kappa shape index (κ1) is 13.5. The molecule has 1 saturated carbocycles. The van der Waals surface area contributed by atoms with E-state index < -0.39 is 0 Å². The van der Waals surface area contributed by atoms with Gasteiger partial charge in [-0.15, -0.1) is 11.3 Å². The van der Waals surface area contributed by atoms with E-state index in [2.05, 4.69) is 27.4 Å². The fraction of sp³-hybridized carbons (Fsp3) is 0.786. The molecule has 0 bridgehead atoms. The molecule has 1 aliphatic carbocycles. The second-order valence-electron chi connectivity index (χ2n) is 5.60. The van der Waals surface area contributed by atoms with E-state index in [-0.39, 0.29) is 0 Å². The third kappa shape index (κ3) is 3.99. The van der Waals surface area contributed by atoms with Gasteiger partial charge in [0.25, 0.3) is 0 Å². The lowest BCUT2D eigenvalue weighted by atomic mass is 10.3. The van der Waals surface area contributed by atoms with Gasteiger partial charge in [0.1, 0.15) is 5.01 Å². The van der Waals surface area contributed by atoms with Crippen molar-refractivity contribution in [2.75, 3.05) is 32.7 Å². The van der Waals surface area contributed by atoms with Crippen molar-refractivity contribution in [2.24, 2.45) is 0 Å². The largest absolute Gasteiger partial charge is 0.308 e. The predicted molar refractivity (Wildman–Crippen MR) is 79.4 cm³/mol. The number of aromatic nitrogens is 1. The van der Waals surface area contributed by atoms with Crippen LogP contribution in [-0.2, 0) is 13.1 Å². The second kappa shape index (κ2) is 6.31. The van der Waals surface area contributed by atoms with E-state index in [9.17, 15) is 0 Å². The van der Waals surface area contributed by atoms with E-state index >= 15 is 0 Å². The number of hydrogen-bond acceptors (Lipinski definition) is 5. The third-order valence-electron chi connectivity index (χ3n) is 4.02. The van der Waals surface area contributed by atoms with Gasteiger partial charge in [0.2, 0.25) is 0 Å². The van der Waals surface area contributed by atoms with Gasteiger partial charge in [-0.05, 0) is 19.4 Å². The lowest BCUT2D eigenvalue weighted by Gasteiger charge is -2.33. The van der Waals surface area contributed by atoms with Gasteiger partial charge in [-0.1, -0.05) is 6.92 Å². The maximum Gasteiger partial charge on any atom is 0.107 e. The maximum absolute atomic E-state index is 4.74. The Morgan fingerprint density at radius 3 is 2.68 bits per heavy atom. The van der Waals surface area contributed by atoms with Crippen LogP contribution >= 0.6 is 11.3 Å². The van der Waals surface area contributed by atoms with Gasteiger partial charge in [-0.2, -0.15) is 0 Å². The predicted octanol–water partition coefficient (Wildman–Crippen LogP) is 1.53. The summed E-state index contributed by atoms with van der Waals surface area (Å²) in [6.07, 6.45) is 2.69. The SMILES string of the molecule is CCN1CCN(Cc2nc(CNC3CC3)cs2)CC1. The number of piperazine rings is 1. The van der Waals surface area contributed by atoms with Gasteiger partial charge in [0.05, 0.1) is 12.2 Å². The zero-order valence-electron chi connectivity index (χ0n) is 11.8. The van der Waals surface area contributed by atoms with Gasteiger partial charge < -0.3 is 10.2 Å². The fourth-order valence-corrected chi connectivity index (χ4v) is 3.33. The molecule has 106 valence electrons. The Morgan fingerprint density at radius 1 is 1.26 bits per heavy atom. The summed E-state index contributed by atoms with van der Waals surface area (Å²) in [5, 5.41) is 7.02. The summed E-state index contributed by atoms with van der Waals surface area (Å²) in [6, 6.07) is 0.771. The molecule has 5 heteroatoms. The average molecular weight is 280 g/mol. The Balaban J connectivity index is 1.44. The second-order valence-corrected chi connectivity index (χ2v) is 6.54. The van der Waals surface area contributed by atoms with Crippen molar-refractivity contribution in [3.63, 3.8) is 0 Å².